The maximum Gasteiger partial charge on any atom is 0.290 e. The van der Waals surface area contributed by atoms with Gasteiger partial charge in [-0.15, -0.1) is 0 Å². The number of carbonyl (C=O) groups is 1. The SMILES string of the molecule is CNC1CCN(c2nc(OC)c(NC(=O)Cc3ccc(Oc4cc([Si](C)(C)C)ccc4C)o3)c(OC)n2)CC1. The van der Waals surface area contributed by atoms with E-state index in [1.165, 1.54) is 19.4 Å². The van der Waals surface area contributed by atoms with Crippen LogP contribution in [0, 0.1) is 6.92 Å². The van der Waals surface area contributed by atoms with Crippen LogP contribution in [0.3, 0.4) is 0 Å². The summed E-state index contributed by atoms with van der Waals surface area (Å²) < 4.78 is 22.9. The lowest BCUT2D eigenvalue weighted by Crippen LogP contribution is -2.42. The molecule has 1 amide bonds. The van der Waals surface area contributed by atoms with Gasteiger partial charge in [-0.2, -0.15) is 9.97 Å². The number of piperidine rings is 1. The van der Waals surface area contributed by atoms with E-state index in [1.807, 2.05) is 14.0 Å². The Morgan fingerprint density at radius 2 is 1.74 bits per heavy atom. The minimum Gasteiger partial charge on any atom is -0.479 e. The van der Waals surface area contributed by atoms with Crippen molar-refractivity contribution in [2.75, 3.05) is 44.6 Å². The third kappa shape index (κ3) is 6.90. The highest BCUT2D eigenvalue weighted by atomic mass is 28.3. The number of nitrogens with zero attached hydrogens (tertiary/aromatic N) is 3. The molecule has 0 bridgehead atoms. The van der Waals surface area contributed by atoms with Gasteiger partial charge in [0.1, 0.15) is 11.5 Å². The normalized spacial score (nSPS) is 14.3. The van der Waals surface area contributed by atoms with Crippen LogP contribution in [0.5, 0.6) is 23.5 Å². The first-order valence-electron chi connectivity index (χ1n) is 13.2. The molecule has 210 valence electrons. The topological polar surface area (TPSA) is 111 Å². The van der Waals surface area contributed by atoms with Crippen LogP contribution in [0.4, 0.5) is 11.6 Å². The Hall–Kier alpha value is -3.57. The molecule has 3 heterocycles. The maximum absolute atomic E-state index is 13.0. The molecule has 0 atom stereocenters. The van der Waals surface area contributed by atoms with E-state index in [2.05, 4.69) is 63.3 Å². The van der Waals surface area contributed by atoms with Crippen LogP contribution in [0.1, 0.15) is 24.2 Å². The molecule has 0 saturated carbocycles. The predicted molar refractivity (Wildman–Crippen MR) is 155 cm³/mol. The van der Waals surface area contributed by atoms with E-state index < -0.39 is 8.07 Å². The number of methoxy groups -OCH3 is 2. The largest absolute Gasteiger partial charge is 0.479 e. The number of aryl methyl sites for hydroxylation is 1. The van der Waals surface area contributed by atoms with Crippen molar-refractivity contribution in [3.05, 3.63) is 41.7 Å². The molecule has 0 radical (unpaired) electrons. The van der Waals surface area contributed by atoms with Gasteiger partial charge >= 0.3 is 0 Å². The number of amides is 1. The summed E-state index contributed by atoms with van der Waals surface area (Å²) >= 11 is 0. The molecule has 0 unspecified atom stereocenters. The molecule has 3 aromatic rings. The maximum atomic E-state index is 13.0. The van der Waals surface area contributed by atoms with Gasteiger partial charge in [0.25, 0.3) is 5.95 Å². The number of nitrogens with one attached hydrogen (secondary N) is 2. The number of hydrogen-bond donors (Lipinski definition) is 2. The summed E-state index contributed by atoms with van der Waals surface area (Å²) in [5.41, 5.74) is 1.29. The lowest BCUT2D eigenvalue weighted by Gasteiger charge is -2.32. The molecule has 0 aliphatic carbocycles. The zero-order chi connectivity index (χ0) is 28.2. The van der Waals surface area contributed by atoms with Crippen molar-refractivity contribution < 1.29 is 23.4 Å². The number of rotatable bonds is 10. The van der Waals surface area contributed by atoms with Crippen LogP contribution < -0.4 is 34.9 Å². The Kier molecular flexibility index (Phi) is 8.81. The number of ether oxygens (including phenoxy) is 3. The van der Waals surface area contributed by atoms with Crippen LogP contribution in [0.25, 0.3) is 0 Å². The molecule has 2 aromatic heterocycles. The van der Waals surface area contributed by atoms with Crippen LogP contribution >= 0.6 is 0 Å². The van der Waals surface area contributed by atoms with Gasteiger partial charge in [0, 0.05) is 25.2 Å². The Labute approximate surface area is 231 Å². The van der Waals surface area contributed by atoms with E-state index >= 15 is 0 Å². The molecular weight excluding hydrogens is 514 g/mol. The highest BCUT2D eigenvalue weighted by Crippen LogP contribution is 2.34. The Balaban J connectivity index is 1.44. The van der Waals surface area contributed by atoms with E-state index in [9.17, 15) is 4.79 Å². The number of anilines is 2. The Morgan fingerprint density at radius 1 is 1.08 bits per heavy atom. The van der Waals surface area contributed by atoms with Crippen molar-refractivity contribution in [1.29, 1.82) is 0 Å². The van der Waals surface area contributed by atoms with Gasteiger partial charge < -0.3 is 34.2 Å². The smallest absolute Gasteiger partial charge is 0.290 e. The Morgan fingerprint density at radius 3 is 2.33 bits per heavy atom. The summed E-state index contributed by atoms with van der Waals surface area (Å²) in [5, 5.41) is 7.44. The second kappa shape index (κ2) is 12.1. The summed E-state index contributed by atoms with van der Waals surface area (Å²) in [7, 11) is 3.49. The fourth-order valence-electron chi connectivity index (χ4n) is 4.46. The molecule has 39 heavy (non-hydrogen) atoms. The van der Waals surface area contributed by atoms with Gasteiger partial charge in [-0.05, 0) is 44.5 Å². The predicted octanol–water partition coefficient (Wildman–Crippen LogP) is 4.10. The van der Waals surface area contributed by atoms with E-state index in [0.29, 0.717) is 23.7 Å². The van der Waals surface area contributed by atoms with Crippen LogP contribution in [-0.2, 0) is 11.2 Å². The summed E-state index contributed by atoms with van der Waals surface area (Å²) in [4.78, 5) is 24.2. The quantitative estimate of drug-likeness (QED) is 0.359. The van der Waals surface area contributed by atoms with Crippen molar-refractivity contribution in [3.63, 3.8) is 0 Å². The molecule has 11 heteroatoms. The number of furan rings is 1. The zero-order valence-corrected chi connectivity index (χ0v) is 24.9. The van der Waals surface area contributed by atoms with Gasteiger partial charge in [0.05, 0.1) is 28.7 Å². The third-order valence-electron chi connectivity index (χ3n) is 6.90. The van der Waals surface area contributed by atoms with E-state index in [-0.39, 0.29) is 29.8 Å². The lowest BCUT2D eigenvalue weighted by atomic mass is 10.1. The second-order valence-electron chi connectivity index (χ2n) is 10.7. The highest BCUT2D eigenvalue weighted by molar-refractivity contribution is 6.88. The molecule has 1 aliphatic heterocycles. The first kappa shape index (κ1) is 28.4. The second-order valence-corrected chi connectivity index (χ2v) is 15.8. The fraction of sp³-hybridized carbons (Fsp3) is 0.464. The number of benzene rings is 1. The molecule has 10 nitrogen and oxygen atoms in total. The number of hydrogen-bond acceptors (Lipinski definition) is 9. The van der Waals surface area contributed by atoms with Gasteiger partial charge in [-0.3, -0.25) is 4.79 Å². The molecule has 1 fully saturated rings. The summed E-state index contributed by atoms with van der Waals surface area (Å²) in [6.45, 7) is 10.5. The molecule has 1 aliphatic rings. The van der Waals surface area contributed by atoms with E-state index in [1.54, 1.807) is 12.1 Å². The minimum absolute atomic E-state index is 0.0110. The minimum atomic E-state index is -1.49. The molecular formula is C28H39N5O5Si. The summed E-state index contributed by atoms with van der Waals surface area (Å²) in [6.07, 6.45) is 1.96. The number of aromatic nitrogens is 2. The van der Waals surface area contributed by atoms with Crippen LogP contribution in [0.15, 0.2) is 34.7 Å². The molecule has 0 spiro atoms. The van der Waals surface area contributed by atoms with Crippen molar-refractivity contribution in [2.45, 2.75) is 51.9 Å². The fourth-order valence-corrected chi connectivity index (χ4v) is 5.60. The van der Waals surface area contributed by atoms with Crippen molar-refractivity contribution in [1.82, 2.24) is 15.3 Å². The Bertz CT molecular complexity index is 1270. The monoisotopic (exact) mass is 553 g/mol. The molecule has 1 aromatic carbocycles. The van der Waals surface area contributed by atoms with Crippen molar-refractivity contribution in [3.8, 4) is 23.5 Å². The zero-order valence-electron chi connectivity index (χ0n) is 23.9. The van der Waals surface area contributed by atoms with Gasteiger partial charge in [-0.25, -0.2) is 0 Å². The first-order chi connectivity index (χ1) is 18.6. The average Bonchev–Trinajstić information content (AvgIpc) is 3.35. The van der Waals surface area contributed by atoms with Gasteiger partial charge in [0.15, 0.2) is 5.69 Å². The highest BCUT2D eigenvalue weighted by Gasteiger charge is 2.25. The van der Waals surface area contributed by atoms with E-state index in [0.717, 1.165) is 37.2 Å². The summed E-state index contributed by atoms with van der Waals surface area (Å²) in [6, 6.07) is 10.3. The molecule has 1 saturated heterocycles. The average molecular weight is 554 g/mol. The standard InChI is InChI=1S/C28H39N5O5Si/c1-18-8-10-21(39(5,6)7)17-22(18)38-24-11-9-20(37-24)16-23(34)30-25-26(35-3)31-28(32-27(25)36-4)33-14-12-19(29-2)13-15-33/h8-11,17,19,29H,12-16H2,1-7H3,(H,30,34). The molecule has 4 rings (SSSR count). The first-order valence-corrected chi connectivity index (χ1v) is 16.7. The lowest BCUT2D eigenvalue weighted by molar-refractivity contribution is -0.115. The van der Waals surface area contributed by atoms with Gasteiger partial charge in [0.2, 0.25) is 23.6 Å². The number of carbonyl (C=O) groups excluding carboxylic acids is 1. The van der Waals surface area contributed by atoms with Crippen molar-refractivity contribution >= 4 is 30.8 Å². The van der Waals surface area contributed by atoms with Crippen LogP contribution in [0.2, 0.25) is 19.6 Å². The van der Waals surface area contributed by atoms with Crippen LogP contribution in [-0.4, -0.2) is 64.3 Å². The van der Waals surface area contributed by atoms with E-state index in [4.69, 9.17) is 18.6 Å². The van der Waals surface area contributed by atoms with Gasteiger partial charge in [-0.1, -0.05) is 37.0 Å². The van der Waals surface area contributed by atoms with Crippen molar-refractivity contribution in [2.24, 2.45) is 0 Å². The molecule has 2 N–H and O–H groups in total. The third-order valence-corrected chi connectivity index (χ3v) is 8.95. The summed E-state index contributed by atoms with van der Waals surface area (Å²) in [5.74, 6) is 2.21.